The third-order valence-electron chi connectivity index (χ3n) is 2.20. The summed E-state index contributed by atoms with van der Waals surface area (Å²) in [6.45, 7) is 1.98. The smallest absolute Gasteiger partial charge is 0.0659 e. The minimum absolute atomic E-state index is 0.0422. The molecule has 0 atom stereocenters. The second-order valence-corrected chi connectivity index (χ2v) is 4.14. The van der Waals surface area contributed by atoms with E-state index in [2.05, 4.69) is 0 Å². The Balaban J connectivity index is 2.99. The molecule has 1 rings (SSSR count). The molecule has 0 radical (unpaired) electrons. The van der Waals surface area contributed by atoms with Gasteiger partial charge in [-0.2, -0.15) is 0 Å². The molecule has 1 N–H and O–H groups in total. The zero-order valence-electron chi connectivity index (χ0n) is 8.63. The van der Waals surface area contributed by atoms with Crippen LogP contribution in [-0.2, 0) is 0 Å². The predicted molar refractivity (Wildman–Crippen MR) is 66.4 cm³/mol. The van der Waals surface area contributed by atoms with Gasteiger partial charge in [0, 0.05) is 10.9 Å². The van der Waals surface area contributed by atoms with Crippen LogP contribution in [0.2, 0.25) is 0 Å². The van der Waals surface area contributed by atoms with Crippen molar-refractivity contribution in [2.75, 3.05) is 12.5 Å². The summed E-state index contributed by atoms with van der Waals surface area (Å²) in [6.07, 6.45) is 0.616. The highest BCUT2D eigenvalue weighted by atomic mass is 35.5. The van der Waals surface area contributed by atoms with Crippen molar-refractivity contribution >= 4 is 28.2 Å². The van der Waals surface area contributed by atoms with Crippen LogP contribution in [0.3, 0.4) is 0 Å². The minimum atomic E-state index is -0.0422. The fourth-order valence-corrected chi connectivity index (χ4v) is 1.78. The number of halogens is 2. The van der Waals surface area contributed by atoms with Gasteiger partial charge in [0.05, 0.1) is 6.61 Å². The van der Waals surface area contributed by atoms with Gasteiger partial charge in [-0.3, -0.25) is 0 Å². The van der Waals surface area contributed by atoms with Crippen molar-refractivity contribution in [1.82, 2.24) is 0 Å². The summed E-state index contributed by atoms with van der Waals surface area (Å²) < 4.78 is 0. The van der Waals surface area contributed by atoms with E-state index in [1.807, 2.05) is 31.2 Å². The summed E-state index contributed by atoms with van der Waals surface area (Å²) in [6, 6.07) is 7.88. The Morgan fingerprint density at radius 3 is 2.33 bits per heavy atom. The highest BCUT2D eigenvalue weighted by molar-refractivity contribution is 6.49. The largest absolute Gasteiger partial charge is 0.392 e. The Morgan fingerprint density at radius 1 is 1.27 bits per heavy atom. The van der Waals surface area contributed by atoms with Gasteiger partial charge in [-0.25, -0.2) is 0 Å². The number of rotatable bonds is 4. The molecule has 82 valence electrons. The van der Waals surface area contributed by atoms with E-state index in [0.717, 1.165) is 11.1 Å². The van der Waals surface area contributed by atoms with Crippen LogP contribution in [0.15, 0.2) is 29.8 Å². The van der Waals surface area contributed by atoms with Gasteiger partial charge in [0.15, 0.2) is 0 Å². The van der Waals surface area contributed by atoms with Crippen molar-refractivity contribution in [1.29, 1.82) is 0 Å². The molecule has 1 nitrogen and oxygen atoms in total. The normalized spacial score (nSPS) is 12.5. The minimum Gasteiger partial charge on any atom is -0.392 e. The molecule has 1 aromatic rings. The number of benzene rings is 1. The lowest BCUT2D eigenvalue weighted by molar-refractivity contribution is 0.329. The fraction of sp³-hybridized carbons (Fsp3) is 0.333. The third-order valence-corrected chi connectivity index (χ3v) is 2.88. The lowest BCUT2D eigenvalue weighted by atomic mass is 10.1. The lowest BCUT2D eigenvalue weighted by Gasteiger charge is -2.07. The molecule has 0 amide bonds. The topological polar surface area (TPSA) is 20.2 Å². The second kappa shape index (κ2) is 6.16. The van der Waals surface area contributed by atoms with Crippen LogP contribution in [-0.4, -0.2) is 17.6 Å². The van der Waals surface area contributed by atoms with Crippen LogP contribution >= 0.6 is 23.2 Å². The molecule has 0 aliphatic carbocycles. The van der Waals surface area contributed by atoms with E-state index >= 15 is 0 Å². The Labute approximate surface area is 100 Å². The molecule has 0 aliphatic rings. The quantitative estimate of drug-likeness (QED) is 0.804. The lowest BCUT2D eigenvalue weighted by Crippen LogP contribution is -1.95. The Hall–Kier alpha value is -0.500. The molecule has 0 spiro atoms. The highest BCUT2D eigenvalue weighted by Gasteiger charge is 2.05. The van der Waals surface area contributed by atoms with Crippen LogP contribution in [0, 0.1) is 6.92 Å². The van der Waals surface area contributed by atoms with Gasteiger partial charge < -0.3 is 5.11 Å². The monoisotopic (exact) mass is 244 g/mol. The average molecular weight is 245 g/mol. The number of aliphatic hydroxyl groups is 1. The van der Waals surface area contributed by atoms with Gasteiger partial charge in [-0.05, 0) is 24.5 Å². The molecule has 0 bridgehead atoms. The molecule has 0 heterocycles. The maximum Gasteiger partial charge on any atom is 0.0659 e. The molecule has 0 saturated carbocycles. The van der Waals surface area contributed by atoms with Crippen molar-refractivity contribution in [3.8, 4) is 0 Å². The Morgan fingerprint density at radius 2 is 1.87 bits per heavy atom. The summed E-state index contributed by atoms with van der Waals surface area (Å²) in [5, 5.41) is 9.75. The van der Waals surface area contributed by atoms with Gasteiger partial charge in [0.25, 0.3) is 0 Å². The summed E-state index contributed by atoms with van der Waals surface area (Å²) >= 11 is 11.8. The molecular weight excluding hydrogens is 231 g/mol. The van der Waals surface area contributed by atoms with Crippen molar-refractivity contribution in [3.63, 3.8) is 0 Å². The van der Waals surface area contributed by atoms with Crippen LogP contribution in [0.25, 0.3) is 5.03 Å². The van der Waals surface area contributed by atoms with Crippen molar-refractivity contribution in [2.45, 2.75) is 13.3 Å². The van der Waals surface area contributed by atoms with Crippen molar-refractivity contribution in [3.05, 3.63) is 41.0 Å². The zero-order chi connectivity index (χ0) is 11.3. The molecule has 15 heavy (non-hydrogen) atoms. The number of hydrogen-bond donors (Lipinski definition) is 1. The summed E-state index contributed by atoms with van der Waals surface area (Å²) in [5.74, 6) is 0.470. The van der Waals surface area contributed by atoms with E-state index in [0.29, 0.717) is 17.3 Å². The standard InChI is InChI=1S/C12H14Cl2O/c1-9-2-4-10(5-3-9)12(14)11(8-15)6-7-13/h2-5,15H,6-8H2,1H3. The van der Waals surface area contributed by atoms with E-state index in [4.69, 9.17) is 28.3 Å². The number of aryl methyl sites for hydroxylation is 1. The van der Waals surface area contributed by atoms with E-state index in [9.17, 15) is 0 Å². The molecule has 3 heteroatoms. The summed E-state index contributed by atoms with van der Waals surface area (Å²) in [4.78, 5) is 0. The molecule has 1 aromatic carbocycles. The van der Waals surface area contributed by atoms with E-state index < -0.39 is 0 Å². The molecule has 0 aromatic heterocycles. The second-order valence-electron chi connectivity index (χ2n) is 3.38. The maximum absolute atomic E-state index is 9.14. The van der Waals surface area contributed by atoms with E-state index in [1.54, 1.807) is 0 Å². The van der Waals surface area contributed by atoms with Gasteiger partial charge in [-0.1, -0.05) is 41.4 Å². The third kappa shape index (κ3) is 3.53. The van der Waals surface area contributed by atoms with Crippen LogP contribution in [0.1, 0.15) is 17.5 Å². The van der Waals surface area contributed by atoms with Gasteiger partial charge in [0.2, 0.25) is 0 Å². The molecule has 0 fully saturated rings. The van der Waals surface area contributed by atoms with Crippen LogP contribution < -0.4 is 0 Å². The highest BCUT2D eigenvalue weighted by Crippen LogP contribution is 2.25. The fourth-order valence-electron chi connectivity index (χ4n) is 1.28. The van der Waals surface area contributed by atoms with E-state index in [-0.39, 0.29) is 6.61 Å². The van der Waals surface area contributed by atoms with Crippen molar-refractivity contribution in [2.24, 2.45) is 0 Å². The average Bonchev–Trinajstić information content (AvgIpc) is 2.26. The summed E-state index contributed by atoms with van der Waals surface area (Å²) in [5.41, 5.74) is 2.90. The molecule has 0 aliphatic heterocycles. The van der Waals surface area contributed by atoms with E-state index in [1.165, 1.54) is 5.56 Å². The Kier molecular flexibility index (Phi) is 5.16. The first kappa shape index (κ1) is 12.6. The molecule has 0 saturated heterocycles. The summed E-state index contributed by atoms with van der Waals surface area (Å²) in [7, 11) is 0. The number of hydrogen-bond acceptors (Lipinski definition) is 1. The SMILES string of the molecule is Cc1ccc(C(Cl)=C(CO)CCCl)cc1. The van der Waals surface area contributed by atoms with Crippen LogP contribution in [0.4, 0.5) is 0 Å². The number of alkyl halides is 1. The van der Waals surface area contributed by atoms with Gasteiger partial charge in [-0.15, -0.1) is 11.6 Å². The van der Waals surface area contributed by atoms with Gasteiger partial charge >= 0.3 is 0 Å². The van der Waals surface area contributed by atoms with Crippen LogP contribution in [0.5, 0.6) is 0 Å². The van der Waals surface area contributed by atoms with Crippen molar-refractivity contribution < 1.29 is 5.11 Å². The zero-order valence-corrected chi connectivity index (χ0v) is 10.1. The first-order valence-corrected chi connectivity index (χ1v) is 5.71. The maximum atomic E-state index is 9.14. The Bertz CT molecular complexity index is 341. The molecule has 0 unspecified atom stereocenters. The van der Waals surface area contributed by atoms with Gasteiger partial charge in [0.1, 0.15) is 0 Å². The molecular formula is C12H14Cl2O. The first-order valence-electron chi connectivity index (χ1n) is 4.80. The number of aliphatic hydroxyl groups excluding tert-OH is 1. The predicted octanol–water partition coefficient (Wildman–Crippen LogP) is 3.57. The first-order chi connectivity index (χ1) is 7.19.